The van der Waals surface area contributed by atoms with Crippen LogP contribution in [0.1, 0.15) is 6.42 Å². The van der Waals surface area contributed by atoms with E-state index in [1.54, 1.807) is 0 Å². The average molecular weight is 368 g/mol. The van der Waals surface area contributed by atoms with Crippen molar-refractivity contribution in [1.29, 1.82) is 0 Å². The van der Waals surface area contributed by atoms with Gasteiger partial charge in [0.15, 0.2) is 11.5 Å². The van der Waals surface area contributed by atoms with Crippen LogP contribution in [-0.4, -0.2) is 40.3 Å². The van der Waals surface area contributed by atoms with Gasteiger partial charge in [0.2, 0.25) is 10.0 Å². The van der Waals surface area contributed by atoms with Crippen molar-refractivity contribution in [2.45, 2.75) is 11.3 Å². The Morgan fingerprint density at radius 3 is 2.35 bits per heavy atom. The van der Waals surface area contributed by atoms with E-state index in [2.05, 4.69) is 20.7 Å². The zero-order valence-electron chi connectivity index (χ0n) is 10.8. The molecule has 0 bridgehead atoms. The molecule has 0 aliphatic carbocycles. The number of hydrogen-bond acceptors (Lipinski definition) is 5. The Bertz CT molecular complexity index is 601. The molecule has 0 saturated carbocycles. The fraction of sp³-hybridized carbons (Fsp3) is 0.364. The number of nitrogens with one attached hydrogen (secondary N) is 1. The van der Waals surface area contributed by atoms with Gasteiger partial charge in [-0.05, 0) is 22.0 Å². The number of halogens is 1. The zero-order chi connectivity index (χ0) is 15.3. The summed E-state index contributed by atoms with van der Waals surface area (Å²) in [6, 6.07) is 2.76. The molecule has 1 aromatic carbocycles. The highest BCUT2D eigenvalue weighted by Crippen LogP contribution is 2.35. The van der Waals surface area contributed by atoms with Crippen molar-refractivity contribution in [3.8, 4) is 11.5 Å². The van der Waals surface area contributed by atoms with Gasteiger partial charge >= 0.3 is 5.97 Å². The van der Waals surface area contributed by atoms with E-state index in [-0.39, 0.29) is 28.1 Å². The van der Waals surface area contributed by atoms with Crippen LogP contribution in [0.3, 0.4) is 0 Å². The average Bonchev–Trinajstić information content (AvgIpc) is 2.37. The van der Waals surface area contributed by atoms with Crippen molar-refractivity contribution in [3.05, 3.63) is 16.6 Å². The highest BCUT2D eigenvalue weighted by atomic mass is 79.9. The second kappa shape index (κ2) is 6.91. The molecule has 0 aromatic heterocycles. The van der Waals surface area contributed by atoms with Crippen LogP contribution in [-0.2, 0) is 14.8 Å². The Hall–Kier alpha value is -1.32. The molecule has 2 N–H and O–H groups in total. The van der Waals surface area contributed by atoms with Crippen molar-refractivity contribution < 1.29 is 27.8 Å². The van der Waals surface area contributed by atoms with E-state index in [9.17, 15) is 13.2 Å². The summed E-state index contributed by atoms with van der Waals surface area (Å²) < 4.78 is 36.7. The van der Waals surface area contributed by atoms with Crippen molar-refractivity contribution in [2.24, 2.45) is 0 Å². The maximum atomic E-state index is 12.1. The SMILES string of the molecule is COc1cc(Br)c(S(=O)(=O)NCCC(=O)O)cc1OC. The molecule has 0 saturated heterocycles. The molecule has 0 atom stereocenters. The molecule has 0 unspecified atom stereocenters. The first-order valence-electron chi connectivity index (χ1n) is 5.44. The van der Waals surface area contributed by atoms with E-state index in [0.29, 0.717) is 5.75 Å². The third-order valence-electron chi connectivity index (χ3n) is 2.36. The summed E-state index contributed by atoms with van der Waals surface area (Å²) in [5.41, 5.74) is 0. The van der Waals surface area contributed by atoms with Crippen LogP contribution >= 0.6 is 15.9 Å². The van der Waals surface area contributed by atoms with E-state index in [0.717, 1.165) is 0 Å². The summed E-state index contributed by atoms with van der Waals surface area (Å²) in [6.45, 7) is -0.196. The van der Waals surface area contributed by atoms with Crippen LogP contribution in [0.25, 0.3) is 0 Å². The summed E-state index contributed by atoms with van der Waals surface area (Å²) in [7, 11) is -1.02. The minimum Gasteiger partial charge on any atom is -0.493 e. The number of carboxylic acids is 1. The van der Waals surface area contributed by atoms with Crippen LogP contribution in [0.5, 0.6) is 11.5 Å². The minimum absolute atomic E-state index is 0.0551. The highest BCUT2D eigenvalue weighted by molar-refractivity contribution is 9.10. The molecule has 0 heterocycles. The van der Waals surface area contributed by atoms with Gasteiger partial charge in [0, 0.05) is 17.1 Å². The van der Waals surface area contributed by atoms with Crippen molar-refractivity contribution >= 4 is 31.9 Å². The van der Waals surface area contributed by atoms with Crippen molar-refractivity contribution in [1.82, 2.24) is 4.72 Å². The predicted octanol–water partition coefficient (Wildman–Crippen LogP) is 1.22. The quantitative estimate of drug-likeness (QED) is 0.751. The third-order valence-corrected chi connectivity index (χ3v) is 4.78. The maximum absolute atomic E-state index is 12.1. The topological polar surface area (TPSA) is 102 Å². The van der Waals surface area contributed by atoms with E-state index in [4.69, 9.17) is 14.6 Å². The van der Waals surface area contributed by atoms with E-state index in [1.807, 2.05) is 0 Å². The lowest BCUT2D eigenvalue weighted by Gasteiger charge is -2.12. The summed E-state index contributed by atoms with van der Waals surface area (Å²) in [5.74, 6) is -0.447. The molecule has 20 heavy (non-hydrogen) atoms. The second-order valence-electron chi connectivity index (χ2n) is 3.68. The van der Waals surface area contributed by atoms with Crippen molar-refractivity contribution in [3.63, 3.8) is 0 Å². The van der Waals surface area contributed by atoms with Gasteiger partial charge in [-0.2, -0.15) is 0 Å². The number of ether oxygens (including phenoxy) is 2. The molecular formula is C11H14BrNO6S. The second-order valence-corrected chi connectivity index (χ2v) is 6.27. The molecule has 0 spiro atoms. The number of aliphatic carboxylic acids is 1. The summed E-state index contributed by atoms with van der Waals surface area (Å²) in [5, 5.41) is 8.51. The Balaban J connectivity index is 3.08. The maximum Gasteiger partial charge on any atom is 0.304 e. The standard InChI is InChI=1S/C11H14BrNO6S/c1-18-8-5-7(12)10(6-9(8)19-2)20(16,17)13-4-3-11(14)15/h5-6,13H,3-4H2,1-2H3,(H,14,15). The molecule has 0 aliphatic heterocycles. The largest absolute Gasteiger partial charge is 0.493 e. The summed E-state index contributed by atoms with van der Waals surface area (Å²) in [6.07, 6.45) is -0.301. The van der Waals surface area contributed by atoms with Gasteiger partial charge < -0.3 is 14.6 Å². The van der Waals surface area contributed by atoms with Gasteiger partial charge in [-0.15, -0.1) is 0 Å². The van der Waals surface area contributed by atoms with Gasteiger partial charge in [-0.1, -0.05) is 0 Å². The number of benzene rings is 1. The Morgan fingerprint density at radius 2 is 1.85 bits per heavy atom. The minimum atomic E-state index is -3.84. The third kappa shape index (κ3) is 4.09. The van der Waals surface area contributed by atoms with E-state index in [1.165, 1.54) is 26.4 Å². The molecular weight excluding hydrogens is 354 g/mol. The van der Waals surface area contributed by atoms with Crippen LogP contribution in [0, 0.1) is 0 Å². The van der Waals surface area contributed by atoms with Crippen LogP contribution < -0.4 is 14.2 Å². The summed E-state index contributed by atoms with van der Waals surface area (Å²) >= 11 is 3.14. The number of methoxy groups -OCH3 is 2. The van der Waals surface area contributed by atoms with Crippen molar-refractivity contribution in [2.75, 3.05) is 20.8 Å². The molecule has 7 nitrogen and oxygen atoms in total. The van der Waals surface area contributed by atoms with Gasteiger partial charge in [-0.25, -0.2) is 13.1 Å². The number of rotatable bonds is 7. The fourth-order valence-corrected chi connectivity index (χ4v) is 3.48. The summed E-state index contributed by atoms with van der Waals surface area (Å²) in [4.78, 5) is 10.3. The monoisotopic (exact) mass is 367 g/mol. The first kappa shape index (κ1) is 16.7. The molecule has 0 amide bonds. The number of carbonyl (C=O) groups is 1. The first-order valence-corrected chi connectivity index (χ1v) is 7.72. The van der Waals surface area contributed by atoms with Crippen LogP contribution in [0.4, 0.5) is 0 Å². The molecule has 0 radical (unpaired) electrons. The Morgan fingerprint density at radius 1 is 1.30 bits per heavy atom. The molecule has 0 fully saturated rings. The Labute approximate surface area is 125 Å². The number of hydrogen-bond donors (Lipinski definition) is 2. The first-order chi connectivity index (χ1) is 9.31. The van der Waals surface area contributed by atoms with Crippen LogP contribution in [0.2, 0.25) is 0 Å². The zero-order valence-corrected chi connectivity index (χ0v) is 13.2. The van der Waals surface area contributed by atoms with Gasteiger partial charge in [-0.3, -0.25) is 4.79 Å². The van der Waals surface area contributed by atoms with E-state index < -0.39 is 16.0 Å². The number of sulfonamides is 1. The van der Waals surface area contributed by atoms with Gasteiger partial charge in [0.1, 0.15) is 4.90 Å². The fourth-order valence-electron chi connectivity index (χ4n) is 1.41. The predicted molar refractivity (Wildman–Crippen MR) is 74.7 cm³/mol. The number of carboxylic acid groups (broad SMARTS) is 1. The highest BCUT2D eigenvalue weighted by Gasteiger charge is 2.21. The molecule has 0 aliphatic rings. The van der Waals surface area contributed by atoms with Gasteiger partial charge in [0.05, 0.1) is 20.6 Å². The van der Waals surface area contributed by atoms with E-state index >= 15 is 0 Å². The molecule has 112 valence electrons. The molecule has 1 aromatic rings. The Kier molecular flexibility index (Phi) is 5.78. The lowest BCUT2D eigenvalue weighted by atomic mass is 10.3. The lowest BCUT2D eigenvalue weighted by molar-refractivity contribution is -0.136. The van der Waals surface area contributed by atoms with Gasteiger partial charge in [0.25, 0.3) is 0 Å². The normalized spacial score (nSPS) is 11.2. The molecule has 1 rings (SSSR count). The lowest BCUT2D eigenvalue weighted by Crippen LogP contribution is -2.26. The van der Waals surface area contributed by atoms with Crippen LogP contribution in [0.15, 0.2) is 21.5 Å². The smallest absolute Gasteiger partial charge is 0.304 e. The molecule has 9 heteroatoms.